The number of rotatable bonds is 19. The maximum Gasteiger partial charge on any atom is 0.165 e. The van der Waals surface area contributed by atoms with E-state index in [4.69, 9.17) is 9.47 Å². The number of hydrogen-bond acceptors (Lipinski definition) is 3. The van der Waals surface area contributed by atoms with Gasteiger partial charge in [0, 0.05) is 12.1 Å². The highest BCUT2D eigenvalue weighted by Crippen LogP contribution is 2.30. The minimum absolute atomic E-state index is 0.804. The molecule has 3 nitrogen and oxygen atoms in total. The second kappa shape index (κ2) is 17.8. The van der Waals surface area contributed by atoms with Crippen molar-refractivity contribution in [3.05, 3.63) is 23.8 Å². The lowest BCUT2D eigenvalue weighted by Crippen LogP contribution is -2.15. The van der Waals surface area contributed by atoms with Gasteiger partial charge in [-0.15, -0.1) is 0 Å². The molecule has 0 fully saturated rings. The minimum atomic E-state index is 0.804. The van der Waals surface area contributed by atoms with Gasteiger partial charge in [0.05, 0.1) is 14.2 Å². The molecule has 0 saturated heterocycles. The molecule has 3 heteroatoms. The molecule has 0 unspecified atom stereocenters. The van der Waals surface area contributed by atoms with E-state index in [1.165, 1.54) is 89.9 Å². The van der Waals surface area contributed by atoms with Gasteiger partial charge < -0.3 is 14.8 Å². The van der Waals surface area contributed by atoms with Crippen molar-refractivity contribution in [2.75, 3.05) is 20.8 Å². The summed E-state index contributed by atoms with van der Waals surface area (Å²) in [4.78, 5) is 0. The van der Waals surface area contributed by atoms with Gasteiger partial charge in [-0.05, 0) is 19.0 Å². The van der Waals surface area contributed by atoms with Crippen LogP contribution in [0.15, 0.2) is 18.2 Å². The molecule has 0 amide bonds. The first kappa shape index (κ1) is 24.8. The quantitative estimate of drug-likeness (QED) is 0.251. The summed E-state index contributed by atoms with van der Waals surface area (Å²) in [5.41, 5.74) is 1.16. The molecule has 1 rings (SSSR count). The molecule has 0 aromatic heterocycles. The zero-order valence-corrected chi connectivity index (χ0v) is 18.9. The molecule has 0 radical (unpaired) electrons. The lowest BCUT2D eigenvalue weighted by molar-refractivity contribution is 0.350. The largest absolute Gasteiger partial charge is 0.493 e. The van der Waals surface area contributed by atoms with E-state index in [0.717, 1.165) is 30.2 Å². The maximum atomic E-state index is 5.48. The fourth-order valence-electron chi connectivity index (χ4n) is 3.76. The van der Waals surface area contributed by atoms with E-state index >= 15 is 0 Å². The highest BCUT2D eigenvalue weighted by molar-refractivity contribution is 5.46. The molecule has 28 heavy (non-hydrogen) atoms. The molecule has 1 N–H and O–H groups in total. The van der Waals surface area contributed by atoms with Gasteiger partial charge in [-0.25, -0.2) is 0 Å². The van der Waals surface area contributed by atoms with Crippen molar-refractivity contribution < 1.29 is 9.47 Å². The predicted molar refractivity (Wildman–Crippen MR) is 122 cm³/mol. The average Bonchev–Trinajstić information content (AvgIpc) is 2.73. The van der Waals surface area contributed by atoms with Gasteiger partial charge in [-0.3, -0.25) is 0 Å². The summed E-state index contributed by atoms with van der Waals surface area (Å²) >= 11 is 0. The fourth-order valence-corrected chi connectivity index (χ4v) is 3.76. The van der Waals surface area contributed by atoms with E-state index in [0.29, 0.717) is 0 Å². The Morgan fingerprint density at radius 2 is 1.21 bits per heavy atom. The lowest BCUT2D eigenvalue weighted by Gasteiger charge is -2.13. The van der Waals surface area contributed by atoms with Crippen LogP contribution in [0, 0.1) is 0 Å². The van der Waals surface area contributed by atoms with Crippen molar-refractivity contribution in [1.29, 1.82) is 0 Å². The summed E-state index contributed by atoms with van der Waals surface area (Å²) in [5, 5.41) is 3.54. The van der Waals surface area contributed by atoms with Crippen molar-refractivity contribution >= 4 is 0 Å². The van der Waals surface area contributed by atoms with Gasteiger partial charge in [-0.2, -0.15) is 0 Å². The van der Waals surface area contributed by atoms with E-state index in [1.54, 1.807) is 14.2 Å². The molecule has 1 aromatic rings. The van der Waals surface area contributed by atoms with Crippen LogP contribution in [0.2, 0.25) is 0 Å². The Morgan fingerprint density at radius 1 is 0.679 bits per heavy atom. The van der Waals surface area contributed by atoms with Gasteiger partial charge in [0.15, 0.2) is 11.5 Å². The van der Waals surface area contributed by atoms with Gasteiger partial charge in [-0.1, -0.05) is 103 Å². The summed E-state index contributed by atoms with van der Waals surface area (Å²) in [6.45, 7) is 4.19. The Balaban J connectivity index is 1.90. The first-order valence-corrected chi connectivity index (χ1v) is 11.7. The monoisotopic (exact) mass is 391 g/mol. The number of benzene rings is 1. The van der Waals surface area contributed by atoms with Crippen molar-refractivity contribution in [3.8, 4) is 11.5 Å². The molecule has 1 aromatic carbocycles. The molecule has 162 valence electrons. The number of para-hydroxylation sites is 1. The molecular weight excluding hydrogens is 346 g/mol. The molecule has 0 aliphatic rings. The predicted octanol–water partition coefficient (Wildman–Crippen LogP) is 7.27. The van der Waals surface area contributed by atoms with Crippen molar-refractivity contribution in [1.82, 2.24) is 5.32 Å². The van der Waals surface area contributed by atoms with Crippen molar-refractivity contribution in [3.63, 3.8) is 0 Å². The number of unbranched alkanes of at least 4 members (excludes halogenated alkanes) is 13. The number of nitrogens with one attached hydrogen (secondary N) is 1. The second-order valence-corrected chi connectivity index (χ2v) is 7.93. The third kappa shape index (κ3) is 11.6. The molecule has 0 bridgehead atoms. The summed E-state index contributed by atoms with van der Waals surface area (Å²) in [6.07, 6.45) is 19.7. The Kier molecular flexibility index (Phi) is 15.8. The van der Waals surface area contributed by atoms with Gasteiger partial charge >= 0.3 is 0 Å². The molecular formula is C25H45NO2. The van der Waals surface area contributed by atoms with Crippen molar-refractivity contribution in [2.45, 2.75) is 103 Å². The Bertz CT molecular complexity index is 476. The Labute approximate surface area is 174 Å². The number of methoxy groups -OCH3 is 2. The summed E-state index contributed by atoms with van der Waals surface area (Å²) in [7, 11) is 3.39. The summed E-state index contributed by atoms with van der Waals surface area (Å²) in [5.74, 6) is 1.65. The zero-order valence-electron chi connectivity index (χ0n) is 18.9. The van der Waals surface area contributed by atoms with Crippen LogP contribution < -0.4 is 14.8 Å². The van der Waals surface area contributed by atoms with Crippen molar-refractivity contribution in [2.24, 2.45) is 0 Å². The first-order valence-electron chi connectivity index (χ1n) is 11.7. The Morgan fingerprint density at radius 3 is 1.71 bits per heavy atom. The average molecular weight is 392 g/mol. The van der Waals surface area contributed by atoms with Crippen LogP contribution >= 0.6 is 0 Å². The zero-order chi connectivity index (χ0) is 20.3. The van der Waals surface area contributed by atoms with E-state index < -0.39 is 0 Å². The molecule has 0 atom stereocenters. The topological polar surface area (TPSA) is 30.5 Å². The smallest absolute Gasteiger partial charge is 0.165 e. The molecule has 0 aliphatic heterocycles. The van der Waals surface area contributed by atoms with E-state index in [9.17, 15) is 0 Å². The molecule has 0 aliphatic carbocycles. The normalized spacial score (nSPS) is 11.0. The van der Waals surface area contributed by atoms with Crippen LogP contribution in [-0.2, 0) is 6.54 Å². The number of hydrogen-bond donors (Lipinski definition) is 1. The van der Waals surface area contributed by atoms with Gasteiger partial charge in [0.2, 0.25) is 0 Å². The SMILES string of the molecule is CCCCCCCCCCCCCCCCNCc1cccc(OC)c1OC. The highest BCUT2D eigenvalue weighted by atomic mass is 16.5. The third-order valence-electron chi connectivity index (χ3n) is 5.51. The Hall–Kier alpha value is -1.22. The summed E-state index contributed by atoms with van der Waals surface area (Å²) in [6, 6.07) is 6.06. The maximum absolute atomic E-state index is 5.48. The van der Waals surface area contributed by atoms with Crippen LogP contribution in [0.25, 0.3) is 0 Å². The van der Waals surface area contributed by atoms with E-state index in [-0.39, 0.29) is 0 Å². The number of ether oxygens (including phenoxy) is 2. The standard InChI is InChI=1S/C25H45NO2/c1-4-5-6-7-8-9-10-11-12-13-14-15-16-17-21-26-22-23-19-18-20-24(27-2)25(23)28-3/h18-20,26H,4-17,21-22H2,1-3H3. The van der Waals surface area contributed by atoms with Gasteiger partial charge in [0.1, 0.15) is 0 Å². The molecule has 0 heterocycles. The van der Waals surface area contributed by atoms with Crippen LogP contribution in [0.3, 0.4) is 0 Å². The second-order valence-electron chi connectivity index (χ2n) is 7.93. The van der Waals surface area contributed by atoms with Crippen LogP contribution in [-0.4, -0.2) is 20.8 Å². The lowest BCUT2D eigenvalue weighted by atomic mass is 10.0. The van der Waals surface area contributed by atoms with E-state index in [1.807, 2.05) is 12.1 Å². The van der Waals surface area contributed by atoms with Crippen LogP contribution in [0.5, 0.6) is 11.5 Å². The first-order chi connectivity index (χ1) is 13.8. The molecule has 0 spiro atoms. The minimum Gasteiger partial charge on any atom is -0.493 e. The van der Waals surface area contributed by atoms with Crippen LogP contribution in [0.4, 0.5) is 0 Å². The summed E-state index contributed by atoms with van der Waals surface area (Å²) < 4.78 is 10.8. The fraction of sp³-hybridized carbons (Fsp3) is 0.760. The third-order valence-corrected chi connectivity index (χ3v) is 5.51. The highest BCUT2D eigenvalue weighted by Gasteiger charge is 2.08. The van der Waals surface area contributed by atoms with E-state index in [2.05, 4.69) is 18.3 Å². The molecule has 0 saturated carbocycles. The van der Waals surface area contributed by atoms with Crippen LogP contribution in [0.1, 0.15) is 102 Å². The van der Waals surface area contributed by atoms with Gasteiger partial charge in [0.25, 0.3) is 0 Å².